The van der Waals surface area contributed by atoms with Crippen LogP contribution in [-0.4, -0.2) is 22.5 Å². The van der Waals surface area contributed by atoms with Crippen LogP contribution >= 0.6 is 0 Å². The smallest absolute Gasteiger partial charge is 0.345 e. The Balaban J connectivity index is 2.42. The molecule has 5 heteroatoms. The van der Waals surface area contributed by atoms with Gasteiger partial charge in [-0.2, -0.15) is 0 Å². The molecule has 1 aromatic heterocycles. The fourth-order valence-corrected chi connectivity index (χ4v) is 2.29. The number of nitrogens with one attached hydrogen (secondary N) is 1. The number of esters is 1. The molecule has 5 nitrogen and oxygen atoms in total. The van der Waals surface area contributed by atoms with E-state index in [2.05, 4.69) is 30.7 Å². The summed E-state index contributed by atoms with van der Waals surface area (Å²) in [5, 5.41) is 0. The predicted molar refractivity (Wildman–Crippen MR) is 89.7 cm³/mol. The highest BCUT2D eigenvalue weighted by molar-refractivity contribution is 5.90. The first-order chi connectivity index (χ1) is 10.7. The number of ether oxygens (including phenoxy) is 1. The van der Waals surface area contributed by atoms with E-state index in [1.807, 2.05) is 24.3 Å². The van der Waals surface area contributed by atoms with Crippen LogP contribution < -0.4 is 5.56 Å². The van der Waals surface area contributed by atoms with Crippen molar-refractivity contribution < 1.29 is 9.53 Å². The van der Waals surface area contributed by atoms with Crippen molar-refractivity contribution in [1.29, 1.82) is 0 Å². The van der Waals surface area contributed by atoms with Crippen molar-refractivity contribution in [3.63, 3.8) is 0 Å². The van der Waals surface area contributed by atoms with Gasteiger partial charge in [0.1, 0.15) is 11.4 Å². The number of aryl methyl sites for hydroxylation is 1. The molecule has 0 fully saturated rings. The highest BCUT2D eigenvalue weighted by Gasteiger charge is 2.18. The molecule has 0 amide bonds. The van der Waals surface area contributed by atoms with Gasteiger partial charge in [-0.25, -0.2) is 9.78 Å². The molecule has 1 heterocycles. The molecule has 122 valence electrons. The molecule has 0 radical (unpaired) electrons. The molecule has 0 saturated carbocycles. The summed E-state index contributed by atoms with van der Waals surface area (Å²) in [6.07, 6.45) is 0. The van der Waals surface area contributed by atoms with E-state index in [0.29, 0.717) is 11.5 Å². The Kier molecular flexibility index (Phi) is 4.68. The lowest BCUT2D eigenvalue weighted by Gasteiger charge is -2.19. The molecule has 0 unspecified atom stereocenters. The van der Waals surface area contributed by atoms with E-state index in [1.54, 1.807) is 13.8 Å². The molecule has 0 aliphatic carbocycles. The summed E-state index contributed by atoms with van der Waals surface area (Å²) < 4.78 is 4.89. The number of hydrogen-bond acceptors (Lipinski definition) is 4. The van der Waals surface area contributed by atoms with Gasteiger partial charge in [-0.05, 0) is 24.8 Å². The number of hydrogen-bond donors (Lipinski definition) is 1. The van der Waals surface area contributed by atoms with Gasteiger partial charge >= 0.3 is 5.97 Å². The van der Waals surface area contributed by atoms with Gasteiger partial charge in [0.2, 0.25) is 0 Å². The van der Waals surface area contributed by atoms with Crippen LogP contribution in [0.25, 0.3) is 11.4 Å². The fraction of sp³-hybridized carbons (Fsp3) is 0.389. The molecular formula is C18H22N2O3. The minimum atomic E-state index is -0.645. The Labute approximate surface area is 135 Å². The summed E-state index contributed by atoms with van der Waals surface area (Å²) in [6, 6.07) is 7.87. The van der Waals surface area contributed by atoms with Gasteiger partial charge in [0.05, 0.1) is 12.3 Å². The second-order valence-electron chi connectivity index (χ2n) is 6.42. The summed E-state index contributed by atoms with van der Waals surface area (Å²) >= 11 is 0. The number of benzene rings is 1. The van der Waals surface area contributed by atoms with Gasteiger partial charge in [0, 0.05) is 5.56 Å². The fourth-order valence-electron chi connectivity index (χ4n) is 2.29. The van der Waals surface area contributed by atoms with E-state index in [-0.39, 0.29) is 17.6 Å². The lowest BCUT2D eigenvalue weighted by atomic mass is 9.87. The summed E-state index contributed by atoms with van der Waals surface area (Å²) in [5.74, 6) is -0.200. The van der Waals surface area contributed by atoms with E-state index in [1.165, 1.54) is 5.56 Å². The zero-order valence-electron chi connectivity index (χ0n) is 14.2. The third-order valence-electron chi connectivity index (χ3n) is 3.60. The van der Waals surface area contributed by atoms with Crippen LogP contribution in [-0.2, 0) is 10.2 Å². The van der Waals surface area contributed by atoms with Gasteiger partial charge in [0.25, 0.3) is 5.56 Å². The average molecular weight is 314 g/mol. The maximum Gasteiger partial charge on any atom is 0.345 e. The van der Waals surface area contributed by atoms with Crippen LogP contribution in [0.5, 0.6) is 0 Å². The highest BCUT2D eigenvalue weighted by atomic mass is 16.5. The number of nitrogens with zero attached hydrogens (tertiary/aromatic N) is 1. The predicted octanol–water partition coefficient (Wildman–Crippen LogP) is 3.22. The van der Waals surface area contributed by atoms with Crippen LogP contribution in [0.15, 0.2) is 29.1 Å². The van der Waals surface area contributed by atoms with Crippen LogP contribution in [0.3, 0.4) is 0 Å². The van der Waals surface area contributed by atoms with E-state index >= 15 is 0 Å². The molecule has 0 spiro atoms. The van der Waals surface area contributed by atoms with E-state index in [4.69, 9.17) is 4.74 Å². The maximum atomic E-state index is 12.2. The number of carbonyl (C=O) groups excluding carboxylic acids is 1. The monoisotopic (exact) mass is 314 g/mol. The molecule has 0 saturated heterocycles. The van der Waals surface area contributed by atoms with Crippen molar-refractivity contribution in [2.24, 2.45) is 0 Å². The van der Waals surface area contributed by atoms with Crippen molar-refractivity contribution in [3.05, 3.63) is 51.4 Å². The zero-order chi connectivity index (χ0) is 17.2. The Morgan fingerprint density at radius 2 is 1.83 bits per heavy atom. The molecule has 0 atom stereocenters. The zero-order valence-corrected chi connectivity index (χ0v) is 14.2. The second-order valence-corrected chi connectivity index (χ2v) is 6.42. The molecule has 0 aliphatic heterocycles. The Morgan fingerprint density at radius 1 is 1.22 bits per heavy atom. The summed E-state index contributed by atoms with van der Waals surface area (Å²) in [6.45, 7) is 9.96. The number of aromatic amines is 1. The summed E-state index contributed by atoms with van der Waals surface area (Å²) in [4.78, 5) is 31.0. The Hall–Kier alpha value is -2.43. The van der Waals surface area contributed by atoms with Crippen molar-refractivity contribution in [1.82, 2.24) is 9.97 Å². The number of carbonyl (C=O) groups is 1. The number of H-pyrrole nitrogens is 1. The lowest BCUT2D eigenvalue weighted by Crippen LogP contribution is -2.23. The Bertz CT molecular complexity index is 768. The molecule has 0 bridgehead atoms. The van der Waals surface area contributed by atoms with E-state index in [0.717, 1.165) is 5.56 Å². The van der Waals surface area contributed by atoms with Gasteiger partial charge in [-0.1, -0.05) is 45.0 Å². The first-order valence-corrected chi connectivity index (χ1v) is 7.63. The van der Waals surface area contributed by atoms with Gasteiger partial charge < -0.3 is 9.72 Å². The third kappa shape index (κ3) is 3.67. The van der Waals surface area contributed by atoms with Gasteiger partial charge in [0.15, 0.2) is 0 Å². The van der Waals surface area contributed by atoms with Crippen LogP contribution in [0.1, 0.15) is 49.3 Å². The average Bonchev–Trinajstić information content (AvgIpc) is 2.46. The van der Waals surface area contributed by atoms with Gasteiger partial charge in [-0.15, -0.1) is 0 Å². The molecule has 2 rings (SSSR count). The van der Waals surface area contributed by atoms with E-state index < -0.39 is 11.5 Å². The standard InChI is InChI=1S/C18H22N2O3/c1-6-23-17(22)14-11(2)19-15(20-16(14)21)12-7-9-13(10-8-12)18(3,4)5/h7-10H,6H2,1-5H3,(H,19,20,21). The minimum absolute atomic E-state index is 0.0399. The molecule has 23 heavy (non-hydrogen) atoms. The minimum Gasteiger partial charge on any atom is -0.462 e. The molecular weight excluding hydrogens is 292 g/mol. The van der Waals surface area contributed by atoms with Crippen molar-refractivity contribution in [2.45, 2.75) is 40.0 Å². The molecule has 1 aromatic carbocycles. The normalized spacial score (nSPS) is 11.3. The quantitative estimate of drug-likeness (QED) is 0.883. The SMILES string of the molecule is CCOC(=O)c1c(C)nc(-c2ccc(C(C)(C)C)cc2)[nH]c1=O. The van der Waals surface area contributed by atoms with Crippen LogP contribution in [0.4, 0.5) is 0 Å². The van der Waals surface area contributed by atoms with Crippen molar-refractivity contribution in [2.75, 3.05) is 6.61 Å². The second kappa shape index (κ2) is 6.36. The lowest BCUT2D eigenvalue weighted by molar-refractivity contribution is 0.0523. The van der Waals surface area contributed by atoms with Crippen molar-refractivity contribution >= 4 is 5.97 Å². The molecule has 0 aliphatic rings. The topological polar surface area (TPSA) is 72.0 Å². The largest absolute Gasteiger partial charge is 0.462 e. The molecule has 2 aromatic rings. The highest BCUT2D eigenvalue weighted by Crippen LogP contribution is 2.24. The van der Waals surface area contributed by atoms with E-state index in [9.17, 15) is 9.59 Å². The van der Waals surface area contributed by atoms with Gasteiger partial charge in [-0.3, -0.25) is 4.79 Å². The Morgan fingerprint density at radius 3 is 2.30 bits per heavy atom. The first kappa shape index (κ1) is 16.9. The molecule has 1 N–H and O–H groups in total. The first-order valence-electron chi connectivity index (χ1n) is 7.63. The van der Waals surface area contributed by atoms with Crippen molar-refractivity contribution in [3.8, 4) is 11.4 Å². The number of aromatic nitrogens is 2. The summed E-state index contributed by atoms with van der Waals surface area (Å²) in [5.41, 5.74) is 1.90. The van der Waals surface area contributed by atoms with Crippen LogP contribution in [0.2, 0.25) is 0 Å². The van der Waals surface area contributed by atoms with Crippen LogP contribution in [0, 0.1) is 6.92 Å². The third-order valence-corrected chi connectivity index (χ3v) is 3.60. The maximum absolute atomic E-state index is 12.2. The summed E-state index contributed by atoms with van der Waals surface area (Å²) in [7, 11) is 0. The number of rotatable bonds is 3.